The highest BCUT2D eigenvalue weighted by molar-refractivity contribution is 5.93. The minimum atomic E-state index is -0.911. The Bertz CT molecular complexity index is 600. The van der Waals surface area contributed by atoms with Crippen LogP contribution in [0.1, 0.15) is 33.1 Å². The SMILES string of the molecule is CC(C)Oc1c(F)cc(NC(=O)N[C@@H]2CCCCNC2=O)cc1F. The highest BCUT2D eigenvalue weighted by Crippen LogP contribution is 2.26. The van der Waals surface area contributed by atoms with Crippen LogP contribution in [0.15, 0.2) is 12.1 Å². The molecule has 24 heavy (non-hydrogen) atoms. The van der Waals surface area contributed by atoms with Crippen molar-refractivity contribution in [3.63, 3.8) is 0 Å². The Balaban J connectivity index is 2.02. The monoisotopic (exact) mass is 341 g/mol. The molecule has 1 aliphatic heterocycles. The first kappa shape index (κ1) is 18.0. The summed E-state index contributed by atoms with van der Waals surface area (Å²) in [4.78, 5) is 23.7. The fourth-order valence-corrected chi connectivity index (χ4v) is 2.38. The zero-order chi connectivity index (χ0) is 17.7. The highest BCUT2D eigenvalue weighted by atomic mass is 19.1. The van der Waals surface area contributed by atoms with Crippen LogP contribution in [0, 0.1) is 11.6 Å². The molecule has 1 atom stereocenters. The first-order chi connectivity index (χ1) is 11.4. The van der Waals surface area contributed by atoms with Gasteiger partial charge in [0, 0.05) is 24.4 Å². The molecule has 1 aromatic carbocycles. The van der Waals surface area contributed by atoms with Crippen molar-refractivity contribution in [3.8, 4) is 5.75 Å². The Morgan fingerprint density at radius 2 is 1.96 bits per heavy atom. The molecule has 2 rings (SSSR count). The number of rotatable bonds is 4. The molecule has 6 nitrogen and oxygen atoms in total. The molecular formula is C16H21F2N3O3. The minimum Gasteiger partial charge on any atom is -0.485 e. The topological polar surface area (TPSA) is 79.5 Å². The molecule has 0 bridgehead atoms. The smallest absolute Gasteiger partial charge is 0.319 e. The van der Waals surface area contributed by atoms with Crippen LogP contribution in [-0.4, -0.2) is 30.6 Å². The Morgan fingerprint density at radius 3 is 2.58 bits per heavy atom. The van der Waals surface area contributed by atoms with Crippen molar-refractivity contribution < 1.29 is 23.1 Å². The summed E-state index contributed by atoms with van der Waals surface area (Å²) in [6.07, 6.45) is 1.78. The van der Waals surface area contributed by atoms with Gasteiger partial charge >= 0.3 is 6.03 Å². The molecule has 0 unspecified atom stereocenters. The van der Waals surface area contributed by atoms with Gasteiger partial charge < -0.3 is 20.7 Å². The van der Waals surface area contributed by atoms with Crippen molar-refractivity contribution >= 4 is 17.6 Å². The molecule has 0 aromatic heterocycles. The number of ether oxygens (including phenoxy) is 1. The summed E-state index contributed by atoms with van der Waals surface area (Å²) in [7, 11) is 0. The van der Waals surface area contributed by atoms with Gasteiger partial charge in [0.25, 0.3) is 0 Å². The van der Waals surface area contributed by atoms with Gasteiger partial charge in [-0.05, 0) is 33.1 Å². The molecule has 0 radical (unpaired) electrons. The minimum absolute atomic E-state index is 0.0624. The van der Waals surface area contributed by atoms with E-state index in [0.717, 1.165) is 25.0 Å². The van der Waals surface area contributed by atoms with E-state index < -0.39 is 29.5 Å². The van der Waals surface area contributed by atoms with E-state index in [1.54, 1.807) is 13.8 Å². The lowest BCUT2D eigenvalue weighted by Gasteiger charge is -2.16. The highest BCUT2D eigenvalue weighted by Gasteiger charge is 2.23. The molecule has 0 saturated carbocycles. The third-order valence-electron chi connectivity index (χ3n) is 3.45. The number of hydrogen-bond donors (Lipinski definition) is 3. The number of carbonyl (C=O) groups is 2. The Morgan fingerprint density at radius 1 is 1.29 bits per heavy atom. The number of urea groups is 1. The van der Waals surface area contributed by atoms with E-state index in [9.17, 15) is 18.4 Å². The maximum Gasteiger partial charge on any atom is 0.319 e. The summed E-state index contributed by atoms with van der Waals surface area (Å²) in [5.41, 5.74) is -0.0624. The zero-order valence-corrected chi connectivity index (χ0v) is 13.6. The molecule has 1 heterocycles. The zero-order valence-electron chi connectivity index (χ0n) is 13.6. The molecule has 8 heteroatoms. The maximum atomic E-state index is 13.9. The second-order valence-corrected chi connectivity index (χ2v) is 5.87. The van der Waals surface area contributed by atoms with Crippen LogP contribution in [0.2, 0.25) is 0 Å². The lowest BCUT2D eigenvalue weighted by Crippen LogP contribution is -2.47. The summed E-state index contributed by atoms with van der Waals surface area (Å²) in [6, 6.07) is 0.570. The van der Waals surface area contributed by atoms with Crippen LogP contribution in [0.5, 0.6) is 5.75 Å². The van der Waals surface area contributed by atoms with Crippen LogP contribution in [0.4, 0.5) is 19.3 Å². The third-order valence-corrected chi connectivity index (χ3v) is 3.45. The van der Waals surface area contributed by atoms with Crippen LogP contribution >= 0.6 is 0 Å². The third kappa shape index (κ3) is 4.81. The molecule has 1 fully saturated rings. The van der Waals surface area contributed by atoms with Gasteiger partial charge in [0.15, 0.2) is 17.4 Å². The number of halogens is 2. The Hall–Kier alpha value is -2.38. The second kappa shape index (κ2) is 7.94. The Kier molecular flexibility index (Phi) is 5.94. The summed E-state index contributed by atoms with van der Waals surface area (Å²) >= 11 is 0. The fourth-order valence-electron chi connectivity index (χ4n) is 2.38. The normalized spacial score (nSPS) is 17.9. The maximum absolute atomic E-state index is 13.9. The molecule has 1 aromatic rings. The largest absolute Gasteiger partial charge is 0.485 e. The predicted molar refractivity (Wildman–Crippen MR) is 84.9 cm³/mol. The molecule has 3 amide bonds. The molecule has 1 saturated heterocycles. The molecule has 0 spiro atoms. The van der Waals surface area contributed by atoms with E-state index in [1.807, 2.05) is 0 Å². The van der Waals surface area contributed by atoms with Gasteiger partial charge in [-0.15, -0.1) is 0 Å². The van der Waals surface area contributed by atoms with Crippen molar-refractivity contribution in [2.75, 3.05) is 11.9 Å². The van der Waals surface area contributed by atoms with Crippen LogP contribution in [-0.2, 0) is 4.79 Å². The van der Waals surface area contributed by atoms with E-state index in [-0.39, 0.29) is 17.7 Å². The average Bonchev–Trinajstić information content (AvgIpc) is 2.68. The standard InChI is InChI=1S/C16H21F2N3O3/c1-9(2)24-14-11(17)7-10(8-12(14)18)20-16(23)21-13-5-3-4-6-19-15(13)22/h7-9,13H,3-6H2,1-2H3,(H,19,22)(H2,20,21,23)/t13-/m1/s1. The van der Waals surface area contributed by atoms with Crippen molar-refractivity contribution in [2.24, 2.45) is 0 Å². The summed E-state index contributed by atoms with van der Waals surface area (Å²) in [6.45, 7) is 3.87. The number of amides is 3. The van der Waals surface area contributed by atoms with Gasteiger partial charge in [-0.1, -0.05) is 0 Å². The second-order valence-electron chi connectivity index (χ2n) is 5.87. The first-order valence-corrected chi connectivity index (χ1v) is 7.87. The van der Waals surface area contributed by atoms with E-state index in [1.165, 1.54) is 0 Å². The lowest BCUT2D eigenvalue weighted by molar-refractivity contribution is -0.122. The molecule has 3 N–H and O–H groups in total. The molecule has 1 aliphatic rings. The van der Waals surface area contributed by atoms with E-state index in [2.05, 4.69) is 16.0 Å². The summed E-state index contributed by atoms with van der Waals surface area (Å²) in [5.74, 6) is -2.57. The van der Waals surface area contributed by atoms with E-state index in [4.69, 9.17) is 4.74 Å². The number of anilines is 1. The number of carbonyl (C=O) groups excluding carboxylic acids is 2. The average molecular weight is 341 g/mol. The number of benzene rings is 1. The molecule has 132 valence electrons. The number of hydrogen-bond acceptors (Lipinski definition) is 3. The van der Waals surface area contributed by atoms with Crippen molar-refractivity contribution in [1.82, 2.24) is 10.6 Å². The van der Waals surface area contributed by atoms with Crippen molar-refractivity contribution in [2.45, 2.75) is 45.3 Å². The van der Waals surface area contributed by atoms with Crippen molar-refractivity contribution in [3.05, 3.63) is 23.8 Å². The van der Waals surface area contributed by atoms with E-state index >= 15 is 0 Å². The summed E-state index contributed by atoms with van der Waals surface area (Å²) in [5, 5.41) is 7.52. The molecular weight excluding hydrogens is 320 g/mol. The van der Waals surface area contributed by atoms with Gasteiger partial charge in [-0.25, -0.2) is 13.6 Å². The quantitative estimate of drug-likeness (QED) is 0.787. The summed E-state index contributed by atoms with van der Waals surface area (Å²) < 4.78 is 32.8. The van der Waals surface area contributed by atoms with Gasteiger partial charge in [0.05, 0.1) is 6.10 Å². The van der Waals surface area contributed by atoms with Crippen LogP contribution in [0.3, 0.4) is 0 Å². The first-order valence-electron chi connectivity index (χ1n) is 7.87. The van der Waals surface area contributed by atoms with Gasteiger partial charge in [0.2, 0.25) is 5.91 Å². The van der Waals surface area contributed by atoms with Crippen molar-refractivity contribution in [1.29, 1.82) is 0 Å². The van der Waals surface area contributed by atoms with Gasteiger partial charge in [0.1, 0.15) is 6.04 Å². The predicted octanol–water partition coefficient (Wildman–Crippen LogP) is 2.54. The molecule has 0 aliphatic carbocycles. The van der Waals surface area contributed by atoms with Gasteiger partial charge in [-0.3, -0.25) is 4.79 Å². The Labute approximate surface area is 138 Å². The number of nitrogens with one attached hydrogen (secondary N) is 3. The van der Waals surface area contributed by atoms with Crippen LogP contribution in [0.25, 0.3) is 0 Å². The lowest BCUT2D eigenvalue weighted by atomic mass is 10.1. The van der Waals surface area contributed by atoms with Gasteiger partial charge in [-0.2, -0.15) is 0 Å². The van der Waals surface area contributed by atoms with Crippen LogP contribution < -0.4 is 20.7 Å². The van der Waals surface area contributed by atoms with E-state index in [0.29, 0.717) is 13.0 Å². The fraction of sp³-hybridized carbons (Fsp3) is 0.500.